The van der Waals surface area contributed by atoms with Crippen LogP contribution in [0.15, 0.2) is 18.2 Å². The van der Waals surface area contributed by atoms with E-state index in [1.165, 1.54) is 0 Å². The first-order chi connectivity index (χ1) is 9.21. The number of hydrogen-bond acceptors (Lipinski definition) is 4. The third kappa shape index (κ3) is 3.15. The standard InChI is InChI=1S/C14H19NO3S/c1-17-9-3-4-13(18-2)11(7-9)10-8-12(10)14(16)15-5-6-19/h3-4,7,10,12,19H,5-6,8H2,1-2H3,(H,15,16). The Morgan fingerprint density at radius 1 is 1.42 bits per heavy atom. The van der Waals surface area contributed by atoms with Gasteiger partial charge in [0.2, 0.25) is 5.91 Å². The first kappa shape index (κ1) is 14.1. The van der Waals surface area contributed by atoms with Crippen molar-refractivity contribution in [2.24, 2.45) is 5.92 Å². The van der Waals surface area contributed by atoms with Crippen molar-refractivity contribution in [3.63, 3.8) is 0 Å². The van der Waals surface area contributed by atoms with Gasteiger partial charge in [0, 0.05) is 29.7 Å². The number of nitrogens with one attached hydrogen (secondary N) is 1. The molecule has 0 aromatic heterocycles. The van der Waals surface area contributed by atoms with Gasteiger partial charge in [-0.15, -0.1) is 0 Å². The number of carbonyl (C=O) groups excluding carboxylic acids is 1. The second-order valence-electron chi connectivity index (χ2n) is 4.57. The number of ether oxygens (including phenoxy) is 2. The highest BCUT2D eigenvalue weighted by molar-refractivity contribution is 7.80. The highest BCUT2D eigenvalue weighted by Gasteiger charge is 2.45. The lowest BCUT2D eigenvalue weighted by molar-refractivity contribution is -0.122. The number of thiol groups is 1. The van der Waals surface area contributed by atoms with E-state index in [4.69, 9.17) is 9.47 Å². The molecule has 2 atom stereocenters. The Morgan fingerprint density at radius 2 is 2.21 bits per heavy atom. The Morgan fingerprint density at radius 3 is 2.84 bits per heavy atom. The Hall–Kier alpha value is -1.36. The fraction of sp³-hybridized carbons (Fsp3) is 0.500. The second kappa shape index (κ2) is 6.19. The maximum atomic E-state index is 11.9. The van der Waals surface area contributed by atoms with E-state index >= 15 is 0 Å². The maximum Gasteiger partial charge on any atom is 0.223 e. The average Bonchev–Trinajstić information content (AvgIpc) is 3.24. The Labute approximate surface area is 118 Å². The molecule has 0 radical (unpaired) electrons. The first-order valence-corrected chi connectivity index (χ1v) is 6.95. The SMILES string of the molecule is COc1ccc(OC)c(C2CC2C(=O)NCCS)c1. The third-order valence-electron chi connectivity index (χ3n) is 3.37. The molecule has 2 unspecified atom stereocenters. The van der Waals surface area contributed by atoms with Crippen LogP contribution in [0.1, 0.15) is 17.9 Å². The van der Waals surface area contributed by atoms with Gasteiger partial charge < -0.3 is 14.8 Å². The summed E-state index contributed by atoms with van der Waals surface area (Å²) in [5.74, 6) is 2.63. The van der Waals surface area contributed by atoms with Gasteiger partial charge in [-0.25, -0.2) is 0 Å². The highest BCUT2D eigenvalue weighted by Crippen LogP contribution is 2.51. The van der Waals surface area contributed by atoms with Gasteiger partial charge in [-0.1, -0.05) is 0 Å². The minimum Gasteiger partial charge on any atom is -0.497 e. The Bertz CT molecular complexity index is 464. The summed E-state index contributed by atoms with van der Waals surface area (Å²) in [7, 11) is 3.28. The number of methoxy groups -OCH3 is 2. The van der Waals surface area contributed by atoms with E-state index in [2.05, 4.69) is 17.9 Å². The van der Waals surface area contributed by atoms with Gasteiger partial charge in [-0.2, -0.15) is 12.6 Å². The van der Waals surface area contributed by atoms with Crippen molar-refractivity contribution in [2.45, 2.75) is 12.3 Å². The Balaban J connectivity index is 2.09. The van der Waals surface area contributed by atoms with Gasteiger partial charge in [0.05, 0.1) is 14.2 Å². The van der Waals surface area contributed by atoms with Crippen LogP contribution in [0, 0.1) is 5.92 Å². The molecule has 0 bridgehead atoms. The van der Waals surface area contributed by atoms with Crippen LogP contribution in [0.4, 0.5) is 0 Å². The molecule has 19 heavy (non-hydrogen) atoms. The lowest BCUT2D eigenvalue weighted by Crippen LogP contribution is -2.27. The van der Waals surface area contributed by atoms with Crippen molar-refractivity contribution in [1.29, 1.82) is 0 Å². The van der Waals surface area contributed by atoms with E-state index in [-0.39, 0.29) is 17.7 Å². The van der Waals surface area contributed by atoms with E-state index < -0.39 is 0 Å². The highest BCUT2D eigenvalue weighted by atomic mass is 32.1. The van der Waals surface area contributed by atoms with Gasteiger partial charge in [0.25, 0.3) is 0 Å². The van der Waals surface area contributed by atoms with Crippen LogP contribution in [-0.4, -0.2) is 32.4 Å². The average molecular weight is 281 g/mol. The van der Waals surface area contributed by atoms with Crippen LogP contribution in [0.25, 0.3) is 0 Å². The van der Waals surface area contributed by atoms with E-state index in [1.807, 2.05) is 18.2 Å². The zero-order chi connectivity index (χ0) is 13.8. The molecule has 5 heteroatoms. The summed E-state index contributed by atoms with van der Waals surface area (Å²) < 4.78 is 10.6. The van der Waals surface area contributed by atoms with Crippen LogP contribution >= 0.6 is 12.6 Å². The van der Waals surface area contributed by atoms with Gasteiger partial charge in [0.15, 0.2) is 0 Å². The number of benzene rings is 1. The quantitative estimate of drug-likeness (QED) is 0.782. The molecule has 0 heterocycles. The van der Waals surface area contributed by atoms with Crippen molar-refractivity contribution in [3.05, 3.63) is 23.8 Å². The Kier molecular flexibility index (Phi) is 4.58. The molecule has 0 spiro atoms. The van der Waals surface area contributed by atoms with Crippen molar-refractivity contribution in [1.82, 2.24) is 5.32 Å². The van der Waals surface area contributed by atoms with Crippen molar-refractivity contribution < 1.29 is 14.3 Å². The van der Waals surface area contributed by atoms with Crippen LogP contribution in [0.3, 0.4) is 0 Å². The van der Waals surface area contributed by atoms with Gasteiger partial charge >= 0.3 is 0 Å². The van der Waals surface area contributed by atoms with Gasteiger partial charge in [-0.3, -0.25) is 4.79 Å². The monoisotopic (exact) mass is 281 g/mol. The number of hydrogen-bond donors (Lipinski definition) is 2. The lowest BCUT2D eigenvalue weighted by atomic mass is 10.1. The molecule has 1 aromatic carbocycles. The summed E-state index contributed by atoms with van der Waals surface area (Å²) in [5.41, 5.74) is 1.05. The van der Waals surface area contributed by atoms with Gasteiger partial charge in [-0.05, 0) is 24.6 Å². The van der Waals surface area contributed by atoms with Crippen molar-refractivity contribution in [3.8, 4) is 11.5 Å². The summed E-state index contributed by atoms with van der Waals surface area (Å²) >= 11 is 4.08. The number of amides is 1. The summed E-state index contributed by atoms with van der Waals surface area (Å²) in [4.78, 5) is 11.9. The zero-order valence-electron chi connectivity index (χ0n) is 11.2. The maximum absolute atomic E-state index is 11.9. The normalized spacial score (nSPS) is 20.8. The predicted molar refractivity (Wildman–Crippen MR) is 77.3 cm³/mol. The molecule has 1 aliphatic carbocycles. The molecular weight excluding hydrogens is 262 g/mol. The third-order valence-corrected chi connectivity index (χ3v) is 3.60. The largest absolute Gasteiger partial charge is 0.497 e. The molecule has 1 fully saturated rings. The molecule has 1 aliphatic rings. The molecule has 0 saturated heterocycles. The molecule has 104 valence electrons. The van der Waals surface area contributed by atoms with Crippen LogP contribution in [0.2, 0.25) is 0 Å². The van der Waals surface area contributed by atoms with Crippen LogP contribution < -0.4 is 14.8 Å². The topological polar surface area (TPSA) is 47.6 Å². The summed E-state index contributed by atoms with van der Waals surface area (Å²) in [6.07, 6.45) is 0.863. The van der Waals surface area contributed by atoms with Crippen LogP contribution in [-0.2, 0) is 4.79 Å². The van der Waals surface area contributed by atoms with Crippen molar-refractivity contribution in [2.75, 3.05) is 26.5 Å². The minimum absolute atomic E-state index is 0.0425. The summed E-state index contributed by atoms with van der Waals surface area (Å²) in [6, 6.07) is 5.70. The molecule has 1 saturated carbocycles. The molecule has 1 amide bonds. The molecule has 0 aliphatic heterocycles. The van der Waals surface area contributed by atoms with E-state index in [9.17, 15) is 4.79 Å². The van der Waals surface area contributed by atoms with E-state index in [1.54, 1.807) is 14.2 Å². The summed E-state index contributed by atoms with van der Waals surface area (Å²) in [5, 5.41) is 2.87. The fourth-order valence-electron chi connectivity index (χ4n) is 2.27. The second-order valence-corrected chi connectivity index (χ2v) is 5.02. The molecular formula is C14H19NO3S. The van der Waals surface area contributed by atoms with E-state index in [0.29, 0.717) is 12.3 Å². The number of rotatable bonds is 6. The molecule has 2 rings (SSSR count). The lowest BCUT2D eigenvalue weighted by Gasteiger charge is -2.10. The van der Waals surface area contributed by atoms with Gasteiger partial charge in [0.1, 0.15) is 11.5 Å². The molecule has 1 N–H and O–H groups in total. The summed E-state index contributed by atoms with van der Waals surface area (Å²) in [6.45, 7) is 0.612. The predicted octanol–water partition coefficient (Wildman–Crippen LogP) is 1.85. The smallest absolute Gasteiger partial charge is 0.223 e. The fourth-order valence-corrected chi connectivity index (χ4v) is 2.38. The molecule has 4 nitrogen and oxygen atoms in total. The van der Waals surface area contributed by atoms with Crippen LogP contribution in [0.5, 0.6) is 11.5 Å². The zero-order valence-corrected chi connectivity index (χ0v) is 12.1. The van der Waals surface area contributed by atoms with E-state index in [0.717, 1.165) is 23.5 Å². The number of carbonyl (C=O) groups is 1. The first-order valence-electron chi connectivity index (χ1n) is 6.31. The minimum atomic E-state index is 0.0425. The van der Waals surface area contributed by atoms with Crippen molar-refractivity contribution >= 4 is 18.5 Å². The molecule has 1 aromatic rings.